The number of hydrogen-bond donors (Lipinski definition) is 1. The van der Waals surface area contributed by atoms with Crippen molar-refractivity contribution in [1.82, 2.24) is 0 Å². The Morgan fingerprint density at radius 2 is 1.80 bits per heavy atom. The number of halogens is 1. The van der Waals surface area contributed by atoms with E-state index in [1.54, 1.807) is 24.3 Å². The summed E-state index contributed by atoms with van der Waals surface area (Å²) in [6, 6.07) is 11.9. The molecule has 1 amide bonds. The SMILES string of the molecule is CC(=O)c1cccc(NC(=O)[C@H](C)OC(=O)Cc2ccc(F)cc2)c1. The Kier molecular flexibility index (Phi) is 6.00. The molecule has 0 fully saturated rings. The number of anilines is 1. The van der Waals surface area contributed by atoms with Crippen LogP contribution in [0.1, 0.15) is 29.8 Å². The number of carbonyl (C=O) groups is 3. The van der Waals surface area contributed by atoms with E-state index in [-0.39, 0.29) is 12.2 Å². The maximum absolute atomic E-state index is 12.8. The van der Waals surface area contributed by atoms with Crippen molar-refractivity contribution in [2.24, 2.45) is 0 Å². The monoisotopic (exact) mass is 343 g/mol. The number of hydrogen-bond acceptors (Lipinski definition) is 4. The Hall–Kier alpha value is -3.02. The predicted octanol–water partition coefficient (Wildman–Crippen LogP) is 3.14. The van der Waals surface area contributed by atoms with Crippen molar-refractivity contribution >= 4 is 23.3 Å². The van der Waals surface area contributed by atoms with Crippen LogP contribution in [0.3, 0.4) is 0 Å². The topological polar surface area (TPSA) is 72.5 Å². The van der Waals surface area contributed by atoms with Gasteiger partial charge in [-0.2, -0.15) is 0 Å². The summed E-state index contributed by atoms with van der Waals surface area (Å²) in [5, 5.41) is 2.60. The Balaban J connectivity index is 1.91. The Bertz CT molecular complexity index is 786. The zero-order chi connectivity index (χ0) is 18.4. The molecule has 1 atom stereocenters. The van der Waals surface area contributed by atoms with Gasteiger partial charge in [0.05, 0.1) is 6.42 Å². The van der Waals surface area contributed by atoms with Crippen LogP contribution in [0.25, 0.3) is 0 Å². The number of benzene rings is 2. The van der Waals surface area contributed by atoms with Crippen LogP contribution in [-0.4, -0.2) is 23.8 Å². The Morgan fingerprint density at radius 3 is 2.44 bits per heavy atom. The van der Waals surface area contributed by atoms with Crippen LogP contribution in [0.15, 0.2) is 48.5 Å². The van der Waals surface area contributed by atoms with Gasteiger partial charge in [-0.15, -0.1) is 0 Å². The highest BCUT2D eigenvalue weighted by Gasteiger charge is 2.18. The molecule has 0 aliphatic carbocycles. The number of carbonyl (C=O) groups excluding carboxylic acids is 3. The highest BCUT2D eigenvalue weighted by atomic mass is 19.1. The van der Waals surface area contributed by atoms with Crippen LogP contribution < -0.4 is 5.32 Å². The molecular weight excluding hydrogens is 325 g/mol. The molecule has 2 aromatic carbocycles. The number of ether oxygens (including phenoxy) is 1. The number of esters is 1. The standard InChI is InChI=1S/C19H18FNO4/c1-12(22)15-4-3-5-17(11-15)21-19(24)13(2)25-18(23)10-14-6-8-16(20)9-7-14/h3-9,11,13H,10H2,1-2H3,(H,21,24)/t13-/m0/s1. The van der Waals surface area contributed by atoms with E-state index in [4.69, 9.17) is 4.74 Å². The second kappa shape index (κ2) is 8.19. The summed E-state index contributed by atoms with van der Waals surface area (Å²) in [5.74, 6) is -1.60. The van der Waals surface area contributed by atoms with Crippen LogP contribution in [-0.2, 0) is 20.7 Å². The van der Waals surface area contributed by atoms with Crippen LogP contribution in [0.4, 0.5) is 10.1 Å². The molecule has 0 bridgehead atoms. The van der Waals surface area contributed by atoms with Crippen LogP contribution >= 0.6 is 0 Å². The fraction of sp³-hybridized carbons (Fsp3) is 0.211. The molecule has 2 rings (SSSR count). The van der Waals surface area contributed by atoms with Crippen molar-refractivity contribution in [3.63, 3.8) is 0 Å². The van der Waals surface area contributed by atoms with Crippen molar-refractivity contribution in [1.29, 1.82) is 0 Å². The number of rotatable bonds is 6. The zero-order valence-electron chi connectivity index (χ0n) is 13.9. The first-order valence-electron chi connectivity index (χ1n) is 7.71. The quantitative estimate of drug-likeness (QED) is 0.646. The van der Waals surface area contributed by atoms with Gasteiger partial charge in [0.2, 0.25) is 0 Å². The normalized spacial score (nSPS) is 11.5. The first-order valence-corrected chi connectivity index (χ1v) is 7.71. The van der Waals surface area contributed by atoms with Crippen LogP contribution in [0.2, 0.25) is 0 Å². The van der Waals surface area contributed by atoms with E-state index in [2.05, 4.69) is 5.32 Å². The first-order chi connectivity index (χ1) is 11.8. The molecule has 5 nitrogen and oxygen atoms in total. The Labute approximate surface area is 144 Å². The molecule has 0 unspecified atom stereocenters. The summed E-state index contributed by atoms with van der Waals surface area (Å²) in [5.41, 5.74) is 1.51. The van der Waals surface area contributed by atoms with Crippen molar-refractivity contribution in [3.8, 4) is 0 Å². The molecule has 25 heavy (non-hydrogen) atoms. The van der Waals surface area contributed by atoms with E-state index in [0.717, 1.165) is 0 Å². The van der Waals surface area contributed by atoms with E-state index < -0.39 is 23.8 Å². The van der Waals surface area contributed by atoms with Crippen molar-refractivity contribution in [2.45, 2.75) is 26.4 Å². The maximum atomic E-state index is 12.8. The van der Waals surface area contributed by atoms with E-state index >= 15 is 0 Å². The smallest absolute Gasteiger partial charge is 0.311 e. The van der Waals surface area contributed by atoms with Gasteiger partial charge in [-0.05, 0) is 43.7 Å². The van der Waals surface area contributed by atoms with Crippen molar-refractivity contribution in [3.05, 3.63) is 65.5 Å². The highest BCUT2D eigenvalue weighted by molar-refractivity contribution is 5.98. The largest absolute Gasteiger partial charge is 0.452 e. The highest BCUT2D eigenvalue weighted by Crippen LogP contribution is 2.12. The average Bonchev–Trinajstić information content (AvgIpc) is 2.57. The van der Waals surface area contributed by atoms with Gasteiger partial charge in [-0.25, -0.2) is 4.39 Å². The Morgan fingerprint density at radius 1 is 1.12 bits per heavy atom. The third-order valence-electron chi connectivity index (χ3n) is 3.48. The van der Waals surface area contributed by atoms with Crippen LogP contribution in [0.5, 0.6) is 0 Å². The zero-order valence-corrected chi connectivity index (χ0v) is 13.9. The average molecular weight is 343 g/mol. The second-order valence-electron chi connectivity index (χ2n) is 5.56. The number of ketones is 1. The number of Topliss-reactive ketones (excluding diaryl/α,β-unsaturated/α-hetero) is 1. The molecule has 0 aliphatic heterocycles. The minimum absolute atomic E-state index is 0.0578. The second-order valence-corrected chi connectivity index (χ2v) is 5.56. The molecule has 0 radical (unpaired) electrons. The van der Waals surface area contributed by atoms with E-state index in [0.29, 0.717) is 16.8 Å². The van der Waals surface area contributed by atoms with Crippen LogP contribution in [0, 0.1) is 5.82 Å². The van der Waals surface area contributed by atoms with Gasteiger partial charge >= 0.3 is 5.97 Å². The van der Waals surface area contributed by atoms with Gasteiger partial charge < -0.3 is 10.1 Å². The number of nitrogens with one attached hydrogen (secondary N) is 1. The first kappa shape index (κ1) is 18.3. The van der Waals surface area contributed by atoms with E-state index in [1.165, 1.54) is 38.1 Å². The molecule has 0 saturated carbocycles. The van der Waals surface area contributed by atoms with Crippen molar-refractivity contribution in [2.75, 3.05) is 5.32 Å². The molecule has 6 heteroatoms. The van der Waals surface area contributed by atoms with Gasteiger partial charge in [-0.3, -0.25) is 14.4 Å². The molecule has 1 N–H and O–H groups in total. The molecule has 130 valence electrons. The molecule has 0 heterocycles. The predicted molar refractivity (Wildman–Crippen MR) is 90.7 cm³/mol. The lowest BCUT2D eigenvalue weighted by atomic mass is 10.1. The number of amides is 1. The fourth-order valence-corrected chi connectivity index (χ4v) is 2.12. The summed E-state index contributed by atoms with van der Waals surface area (Å²) in [6.45, 7) is 2.88. The minimum atomic E-state index is -1.01. The molecule has 0 aromatic heterocycles. The van der Waals surface area contributed by atoms with Crippen molar-refractivity contribution < 1.29 is 23.5 Å². The molecule has 0 spiro atoms. The summed E-state index contributed by atoms with van der Waals surface area (Å²) < 4.78 is 17.9. The minimum Gasteiger partial charge on any atom is -0.452 e. The summed E-state index contributed by atoms with van der Waals surface area (Å²) >= 11 is 0. The molecule has 2 aromatic rings. The van der Waals surface area contributed by atoms with Gasteiger partial charge in [0, 0.05) is 11.3 Å². The summed E-state index contributed by atoms with van der Waals surface area (Å²) in [4.78, 5) is 35.3. The third-order valence-corrected chi connectivity index (χ3v) is 3.48. The third kappa shape index (κ3) is 5.53. The fourth-order valence-electron chi connectivity index (χ4n) is 2.12. The van der Waals surface area contributed by atoms with Gasteiger partial charge in [0.1, 0.15) is 5.82 Å². The van der Waals surface area contributed by atoms with E-state index in [1.807, 2.05) is 0 Å². The molecule has 0 saturated heterocycles. The molecule has 0 aliphatic rings. The van der Waals surface area contributed by atoms with Gasteiger partial charge in [0.25, 0.3) is 5.91 Å². The summed E-state index contributed by atoms with van der Waals surface area (Å²) in [7, 11) is 0. The van der Waals surface area contributed by atoms with Gasteiger partial charge in [-0.1, -0.05) is 24.3 Å². The van der Waals surface area contributed by atoms with E-state index in [9.17, 15) is 18.8 Å². The lowest BCUT2D eigenvalue weighted by Crippen LogP contribution is -2.30. The lowest BCUT2D eigenvalue weighted by molar-refractivity contribution is -0.152. The lowest BCUT2D eigenvalue weighted by Gasteiger charge is -2.14. The maximum Gasteiger partial charge on any atom is 0.311 e. The van der Waals surface area contributed by atoms with Gasteiger partial charge in [0.15, 0.2) is 11.9 Å². The molecular formula is C19H18FNO4. The summed E-state index contributed by atoms with van der Waals surface area (Å²) in [6.07, 6.45) is -1.06.